The molecular formula is C18H24N2O. The molecule has 0 spiro atoms. The Morgan fingerprint density at radius 1 is 1.19 bits per heavy atom. The molecule has 1 amide bonds. The molecule has 21 heavy (non-hydrogen) atoms. The fraction of sp³-hybridized carbons (Fsp3) is 0.500. The lowest BCUT2D eigenvalue weighted by atomic mass is 9.95. The van der Waals surface area contributed by atoms with E-state index in [1.54, 1.807) is 0 Å². The van der Waals surface area contributed by atoms with Crippen LogP contribution in [0.4, 0.5) is 0 Å². The van der Waals surface area contributed by atoms with E-state index in [-0.39, 0.29) is 5.91 Å². The van der Waals surface area contributed by atoms with E-state index in [4.69, 9.17) is 0 Å². The number of H-pyrrole nitrogens is 1. The van der Waals surface area contributed by atoms with Gasteiger partial charge in [0.1, 0.15) is 0 Å². The number of carbonyl (C=O) groups is 1. The van der Waals surface area contributed by atoms with E-state index in [2.05, 4.69) is 34.7 Å². The first-order chi connectivity index (χ1) is 10.3. The highest BCUT2D eigenvalue weighted by Gasteiger charge is 2.15. The number of amides is 1. The van der Waals surface area contributed by atoms with Crippen LogP contribution < -0.4 is 5.32 Å². The van der Waals surface area contributed by atoms with Crippen molar-refractivity contribution >= 4 is 16.8 Å². The van der Waals surface area contributed by atoms with Gasteiger partial charge in [-0.05, 0) is 37.3 Å². The molecule has 1 heterocycles. The molecule has 1 aromatic carbocycles. The first-order valence-corrected chi connectivity index (χ1v) is 8.17. The van der Waals surface area contributed by atoms with Gasteiger partial charge in [-0.3, -0.25) is 4.79 Å². The number of aryl methyl sites for hydroxylation is 1. The number of hydrogen-bond donors (Lipinski definition) is 2. The molecule has 0 aliphatic heterocycles. The predicted octanol–water partition coefficient (Wildman–Crippen LogP) is 3.94. The summed E-state index contributed by atoms with van der Waals surface area (Å²) in [7, 11) is 0. The topological polar surface area (TPSA) is 44.9 Å². The van der Waals surface area contributed by atoms with Crippen LogP contribution in [0.15, 0.2) is 30.5 Å². The Hall–Kier alpha value is -1.77. The van der Waals surface area contributed by atoms with Crippen molar-refractivity contribution in [3.63, 3.8) is 0 Å². The molecule has 0 atom stereocenters. The van der Waals surface area contributed by atoms with Crippen LogP contribution in [0.2, 0.25) is 0 Å². The van der Waals surface area contributed by atoms with E-state index >= 15 is 0 Å². The van der Waals surface area contributed by atoms with E-state index in [0.717, 1.165) is 25.7 Å². The Bertz CT molecular complexity index is 596. The summed E-state index contributed by atoms with van der Waals surface area (Å²) >= 11 is 0. The number of aromatic nitrogens is 1. The lowest BCUT2D eigenvalue weighted by Gasteiger charge is -2.22. The average molecular weight is 284 g/mol. The highest BCUT2D eigenvalue weighted by atomic mass is 16.1. The number of aromatic amines is 1. The summed E-state index contributed by atoms with van der Waals surface area (Å²) in [5.74, 6) is 0.224. The minimum Gasteiger partial charge on any atom is -0.361 e. The largest absolute Gasteiger partial charge is 0.361 e. The normalized spacial score (nSPS) is 16.2. The molecule has 0 bridgehead atoms. The molecule has 1 aromatic heterocycles. The second kappa shape index (κ2) is 6.79. The summed E-state index contributed by atoms with van der Waals surface area (Å²) in [4.78, 5) is 15.3. The molecule has 1 saturated carbocycles. The molecule has 112 valence electrons. The Labute approximate surface area is 126 Å². The molecule has 1 fully saturated rings. The highest BCUT2D eigenvalue weighted by Crippen LogP contribution is 2.20. The molecule has 1 aliphatic rings. The van der Waals surface area contributed by atoms with Crippen LogP contribution in [-0.4, -0.2) is 16.9 Å². The molecule has 0 saturated heterocycles. The molecule has 3 heteroatoms. The van der Waals surface area contributed by atoms with Crippen molar-refractivity contribution < 1.29 is 4.79 Å². The summed E-state index contributed by atoms with van der Waals surface area (Å²) in [5.41, 5.74) is 2.50. The van der Waals surface area contributed by atoms with Crippen LogP contribution in [0.25, 0.3) is 10.9 Å². The van der Waals surface area contributed by atoms with Crippen LogP contribution in [-0.2, 0) is 11.2 Å². The summed E-state index contributed by atoms with van der Waals surface area (Å²) in [5, 5.41) is 4.47. The fourth-order valence-corrected chi connectivity index (χ4v) is 3.32. The summed E-state index contributed by atoms with van der Waals surface area (Å²) < 4.78 is 0. The van der Waals surface area contributed by atoms with Crippen molar-refractivity contribution in [3.05, 3.63) is 36.0 Å². The number of rotatable bonds is 5. The Kier molecular flexibility index (Phi) is 4.59. The molecule has 2 N–H and O–H groups in total. The number of hydrogen-bond acceptors (Lipinski definition) is 1. The third-order valence-corrected chi connectivity index (χ3v) is 4.50. The lowest BCUT2D eigenvalue weighted by Crippen LogP contribution is -2.36. The van der Waals surface area contributed by atoms with Gasteiger partial charge >= 0.3 is 0 Å². The average Bonchev–Trinajstić information content (AvgIpc) is 2.92. The second-order valence-corrected chi connectivity index (χ2v) is 6.12. The quantitative estimate of drug-likeness (QED) is 0.858. The molecule has 3 rings (SSSR count). The zero-order chi connectivity index (χ0) is 14.5. The van der Waals surface area contributed by atoms with Crippen LogP contribution in [0.1, 0.15) is 50.5 Å². The molecule has 0 unspecified atom stereocenters. The van der Waals surface area contributed by atoms with Gasteiger partial charge in [-0.25, -0.2) is 0 Å². The zero-order valence-corrected chi connectivity index (χ0v) is 12.5. The SMILES string of the molecule is O=C(CCCc1c[nH]c2ccccc12)NC1CCCCC1. The Morgan fingerprint density at radius 2 is 2.00 bits per heavy atom. The highest BCUT2D eigenvalue weighted by molar-refractivity contribution is 5.83. The van der Waals surface area contributed by atoms with Crippen molar-refractivity contribution in [2.24, 2.45) is 0 Å². The standard InChI is InChI=1S/C18H24N2O/c21-18(20-15-8-2-1-3-9-15)12-6-7-14-13-19-17-11-5-4-10-16(14)17/h4-5,10-11,13,15,19H,1-3,6-9,12H2,(H,20,21). The van der Waals surface area contributed by atoms with Gasteiger partial charge in [0.15, 0.2) is 0 Å². The van der Waals surface area contributed by atoms with Gasteiger partial charge in [-0.15, -0.1) is 0 Å². The first kappa shape index (κ1) is 14.2. The predicted molar refractivity (Wildman–Crippen MR) is 86.3 cm³/mol. The Balaban J connectivity index is 1.46. The maximum atomic E-state index is 12.0. The Morgan fingerprint density at radius 3 is 2.86 bits per heavy atom. The van der Waals surface area contributed by atoms with Gasteiger partial charge in [-0.1, -0.05) is 37.5 Å². The molecule has 2 aromatic rings. The third-order valence-electron chi connectivity index (χ3n) is 4.50. The summed E-state index contributed by atoms with van der Waals surface area (Å²) in [6.07, 6.45) is 10.8. The van der Waals surface area contributed by atoms with Crippen molar-refractivity contribution in [2.45, 2.75) is 57.4 Å². The minimum absolute atomic E-state index is 0.224. The van der Waals surface area contributed by atoms with E-state index in [1.807, 2.05) is 6.07 Å². The molecule has 0 radical (unpaired) electrons. The van der Waals surface area contributed by atoms with Crippen LogP contribution in [0, 0.1) is 0 Å². The van der Waals surface area contributed by atoms with E-state index < -0.39 is 0 Å². The van der Waals surface area contributed by atoms with Gasteiger partial charge in [-0.2, -0.15) is 0 Å². The van der Waals surface area contributed by atoms with Gasteiger partial charge in [0.2, 0.25) is 5.91 Å². The summed E-state index contributed by atoms with van der Waals surface area (Å²) in [6, 6.07) is 8.77. The molecule has 1 aliphatic carbocycles. The van der Waals surface area contributed by atoms with Gasteiger partial charge in [0.25, 0.3) is 0 Å². The van der Waals surface area contributed by atoms with E-state index in [1.165, 1.54) is 35.7 Å². The number of nitrogens with one attached hydrogen (secondary N) is 2. The van der Waals surface area contributed by atoms with Crippen LogP contribution in [0.5, 0.6) is 0 Å². The van der Waals surface area contributed by atoms with Crippen molar-refractivity contribution in [1.82, 2.24) is 10.3 Å². The molecular weight excluding hydrogens is 260 g/mol. The van der Waals surface area contributed by atoms with Gasteiger partial charge < -0.3 is 10.3 Å². The zero-order valence-electron chi connectivity index (χ0n) is 12.5. The van der Waals surface area contributed by atoms with E-state index in [0.29, 0.717) is 12.5 Å². The van der Waals surface area contributed by atoms with Crippen molar-refractivity contribution in [2.75, 3.05) is 0 Å². The number of para-hydroxylation sites is 1. The van der Waals surface area contributed by atoms with E-state index in [9.17, 15) is 4.79 Å². The maximum Gasteiger partial charge on any atom is 0.220 e. The first-order valence-electron chi connectivity index (χ1n) is 8.17. The number of carbonyl (C=O) groups excluding carboxylic acids is 1. The smallest absolute Gasteiger partial charge is 0.220 e. The van der Waals surface area contributed by atoms with Crippen LogP contribution in [0.3, 0.4) is 0 Å². The third kappa shape index (κ3) is 3.66. The number of fused-ring (bicyclic) bond motifs is 1. The summed E-state index contributed by atoms with van der Waals surface area (Å²) in [6.45, 7) is 0. The minimum atomic E-state index is 0.224. The van der Waals surface area contributed by atoms with Gasteiger partial charge in [0, 0.05) is 29.6 Å². The lowest BCUT2D eigenvalue weighted by molar-refractivity contribution is -0.122. The van der Waals surface area contributed by atoms with Crippen molar-refractivity contribution in [3.8, 4) is 0 Å². The second-order valence-electron chi connectivity index (χ2n) is 6.12. The van der Waals surface area contributed by atoms with Gasteiger partial charge in [0.05, 0.1) is 0 Å². The number of benzene rings is 1. The fourth-order valence-electron chi connectivity index (χ4n) is 3.32. The maximum absolute atomic E-state index is 12.0. The monoisotopic (exact) mass is 284 g/mol. The molecule has 3 nitrogen and oxygen atoms in total. The van der Waals surface area contributed by atoms with Crippen LogP contribution >= 0.6 is 0 Å². The van der Waals surface area contributed by atoms with Crippen molar-refractivity contribution in [1.29, 1.82) is 0 Å².